The van der Waals surface area contributed by atoms with Gasteiger partial charge in [0.25, 0.3) is 11.7 Å². The van der Waals surface area contributed by atoms with Crippen LogP contribution in [-0.4, -0.2) is 48.6 Å². The lowest BCUT2D eigenvalue weighted by Gasteiger charge is -2.25. The molecule has 2 aromatic carbocycles. The summed E-state index contributed by atoms with van der Waals surface area (Å²) in [7, 11) is 1.50. The molecule has 1 unspecified atom stereocenters. The van der Waals surface area contributed by atoms with Crippen LogP contribution in [0.25, 0.3) is 5.76 Å². The maximum Gasteiger partial charge on any atom is 0.295 e. The summed E-state index contributed by atoms with van der Waals surface area (Å²) in [5.41, 5.74) is 1.62. The van der Waals surface area contributed by atoms with Crippen molar-refractivity contribution in [2.75, 3.05) is 26.9 Å². The molecule has 7 heteroatoms. The van der Waals surface area contributed by atoms with Crippen LogP contribution in [-0.2, 0) is 14.3 Å². The second kappa shape index (κ2) is 9.96. The maximum atomic E-state index is 13.5. The number of aliphatic hydroxyl groups is 1. The van der Waals surface area contributed by atoms with Crippen LogP contribution in [0.15, 0.2) is 48.0 Å². The Hall–Kier alpha value is -3.19. The Balaban J connectivity index is 2.07. The molecule has 1 N–H and O–H groups in total. The van der Waals surface area contributed by atoms with E-state index < -0.39 is 23.5 Å². The number of Topliss-reactive ketones (excluding diaryl/α,β-unsaturated/α-hetero) is 1. The van der Waals surface area contributed by atoms with Crippen LogP contribution in [0.1, 0.15) is 36.6 Å². The highest BCUT2D eigenvalue weighted by atomic mass is 19.1. The summed E-state index contributed by atoms with van der Waals surface area (Å²) in [6, 6.07) is 9.87. The van der Waals surface area contributed by atoms with E-state index in [0.717, 1.165) is 0 Å². The van der Waals surface area contributed by atoms with E-state index in [0.29, 0.717) is 35.0 Å². The van der Waals surface area contributed by atoms with Gasteiger partial charge in [-0.2, -0.15) is 0 Å². The smallest absolute Gasteiger partial charge is 0.295 e. The maximum absolute atomic E-state index is 13.5. The minimum absolute atomic E-state index is 0.0309. The summed E-state index contributed by atoms with van der Waals surface area (Å²) in [5, 5.41) is 11.2. The number of hydrogen-bond donors (Lipinski definition) is 1. The van der Waals surface area contributed by atoms with Crippen molar-refractivity contribution >= 4 is 17.4 Å². The third-order valence-electron chi connectivity index (χ3n) is 5.30. The molecule has 1 aliphatic heterocycles. The molecular formula is C25H28FNO5. The highest BCUT2D eigenvalue weighted by molar-refractivity contribution is 6.46. The number of rotatable bonds is 8. The first-order valence-electron chi connectivity index (χ1n) is 10.5. The SMILES string of the molecule is COCCN1C(=O)C(=O)/C(=C(/O)c2ccc(OCC(C)C)cc2C)C1c1ccc(F)cc1. The van der Waals surface area contributed by atoms with Crippen LogP contribution >= 0.6 is 0 Å². The van der Waals surface area contributed by atoms with E-state index in [-0.39, 0.29) is 24.5 Å². The fraction of sp³-hybridized carbons (Fsp3) is 0.360. The molecule has 170 valence electrons. The molecule has 1 atom stereocenters. The quantitative estimate of drug-likeness (QED) is 0.377. The second-order valence-electron chi connectivity index (χ2n) is 8.22. The molecule has 1 heterocycles. The lowest BCUT2D eigenvalue weighted by molar-refractivity contribution is -0.140. The van der Waals surface area contributed by atoms with Crippen molar-refractivity contribution in [1.29, 1.82) is 0 Å². The van der Waals surface area contributed by atoms with E-state index in [1.54, 1.807) is 25.1 Å². The number of methoxy groups -OCH3 is 1. The van der Waals surface area contributed by atoms with Gasteiger partial charge >= 0.3 is 0 Å². The van der Waals surface area contributed by atoms with Crippen LogP contribution in [0.3, 0.4) is 0 Å². The lowest BCUT2D eigenvalue weighted by Crippen LogP contribution is -2.32. The van der Waals surface area contributed by atoms with Gasteiger partial charge in [-0.25, -0.2) is 4.39 Å². The second-order valence-corrected chi connectivity index (χ2v) is 8.22. The Morgan fingerprint density at radius 3 is 2.44 bits per heavy atom. The van der Waals surface area contributed by atoms with Gasteiger partial charge in [0.1, 0.15) is 17.3 Å². The largest absolute Gasteiger partial charge is 0.507 e. The summed E-state index contributed by atoms with van der Waals surface area (Å²) < 4.78 is 24.3. The molecule has 3 rings (SSSR count). The molecule has 1 amide bonds. The van der Waals surface area contributed by atoms with Gasteiger partial charge in [0, 0.05) is 19.2 Å². The summed E-state index contributed by atoms with van der Waals surface area (Å²) in [6.45, 7) is 6.81. The fourth-order valence-corrected chi connectivity index (χ4v) is 3.69. The van der Waals surface area contributed by atoms with Crippen LogP contribution in [0.4, 0.5) is 4.39 Å². The Morgan fingerprint density at radius 1 is 1.16 bits per heavy atom. The molecule has 6 nitrogen and oxygen atoms in total. The number of amides is 1. The Kier molecular flexibility index (Phi) is 7.30. The number of likely N-dealkylation sites (tertiary alicyclic amines) is 1. The molecule has 1 aliphatic rings. The van der Waals surface area contributed by atoms with Crippen LogP contribution in [0.5, 0.6) is 5.75 Å². The number of aliphatic hydroxyl groups excluding tert-OH is 1. The molecule has 0 bridgehead atoms. The van der Waals surface area contributed by atoms with Gasteiger partial charge in [-0.3, -0.25) is 9.59 Å². The molecule has 0 spiro atoms. The molecule has 32 heavy (non-hydrogen) atoms. The van der Waals surface area contributed by atoms with E-state index >= 15 is 0 Å². The fourth-order valence-electron chi connectivity index (χ4n) is 3.69. The predicted molar refractivity (Wildman–Crippen MR) is 119 cm³/mol. The van der Waals surface area contributed by atoms with Crippen molar-refractivity contribution in [3.8, 4) is 5.75 Å². The first-order valence-corrected chi connectivity index (χ1v) is 10.5. The minimum atomic E-state index is -0.845. The first kappa shape index (κ1) is 23.5. The van der Waals surface area contributed by atoms with E-state index in [2.05, 4.69) is 0 Å². The number of nitrogens with zero attached hydrogens (tertiary/aromatic N) is 1. The highest BCUT2D eigenvalue weighted by Gasteiger charge is 2.46. The highest BCUT2D eigenvalue weighted by Crippen LogP contribution is 2.40. The van der Waals surface area contributed by atoms with Gasteiger partial charge in [0.15, 0.2) is 0 Å². The molecule has 1 saturated heterocycles. The summed E-state index contributed by atoms with van der Waals surface area (Å²) >= 11 is 0. The predicted octanol–water partition coefficient (Wildman–Crippen LogP) is 4.24. The number of halogens is 1. The van der Waals surface area contributed by atoms with Crippen LogP contribution < -0.4 is 4.74 Å². The number of ketones is 1. The van der Waals surface area contributed by atoms with Gasteiger partial charge in [-0.1, -0.05) is 26.0 Å². The van der Waals surface area contributed by atoms with E-state index in [1.165, 1.54) is 36.3 Å². The first-order chi connectivity index (χ1) is 15.2. The zero-order valence-electron chi connectivity index (χ0n) is 18.7. The van der Waals surface area contributed by atoms with Gasteiger partial charge in [0.05, 0.1) is 24.8 Å². The molecule has 1 fully saturated rings. The van der Waals surface area contributed by atoms with Crippen molar-refractivity contribution in [3.05, 3.63) is 70.5 Å². The topological polar surface area (TPSA) is 76.1 Å². The summed E-state index contributed by atoms with van der Waals surface area (Å²) in [6.07, 6.45) is 0. The molecule has 0 aromatic heterocycles. The molecule has 0 saturated carbocycles. The Morgan fingerprint density at radius 2 is 1.84 bits per heavy atom. The van der Waals surface area contributed by atoms with Crippen LogP contribution in [0.2, 0.25) is 0 Å². The Bertz CT molecular complexity index is 1030. The van der Waals surface area contributed by atoms with Crippen molar-refractivity contribution < 1.29 is 28.6 Å². The van der Waals surface area contributed by atoms with E-state index in [1.807, 2.05) is 13.8 Å². The van der Waals surface area contributed by atoms with E-state index in [4.69, 9.17) is 9.47 Å². The number of carbonyl (C=O) groups excluding carboxylic acids is 2. The van der Waals surface area contributed by atoms with Gasteiger partial charge in [-0.15, -0.1) is 0 Å². The summed E-state index contributed by atoms with van der Waals surface area (Å²) in [4.78, 5) is 27.1. The Labute approximate surface area is 187 Å². The normalized spacial score (nSPS) is 17.9. The van der Waals surface area contributed by atoms with Gasteiger partial charge < -0.3 is 19.5 Å². The molecule has 2 aromatic rings. The van der Waals surface area contributed by atoms with Crippen LogP contribution in [0, 0.1) is 18.7 Å². The third-order valence-corrected chi connectivity index (χ3v) is 5.30. The number of ether oxygens (including phenoxy) is 2. The number of carbonyl (C=O) groups is 2. The number of aryl methyl sites for hydroxylation is 1. The zero-order valence-corrected chi connectivity index (χ0v) is 18.7. The standard InChI is InChI=1S/C25H28FNO5/c1-15(2)14-32-19-9-10-20(16(3)13-19)23(28)21-22(17-5-7-18(26)8-6-17)27(11-12-31-4)25(30)24(21)29/h5-10,13,15,22,28H,11-12,14H2,1-4H3/b23-21+. The lowest BCUT2D eigenvalue weighted by atomic mass is 9.94. The van der Waals surface area contributed by atoms with E-state index in [9.17, 15) is 19.1 Å². The minimum Gasteiger partial charge on any atom is -0.507 e. The van der Waals surface area contributed by atoms with Gasteiger partial charge in [0.2, 0.25) is 0 Å². The van der Waals surface area contributed by atoms with Crippen molar-refractivity contribution in [2.24, 2.45) is 5.92 Å². The number of benzene rings is 2. The molecule has 0 aliphatic carbocycles. The van der Waals surface area contributed by atoms with Crippen molar-refractivity contribution in [1.82, 2.24) is 4.90 Å². The average molecular weight is 441 g/mol. The monoisotopic (exact) mass is 441 g/mol. The van der Waals surface area contributed by atoms with Crippen molar-refractivity contribution in [3.63, 3.8) is 0 Å². The average Bonchev–Trinajstić information content (AvgIpc) is 3.01. The van der Waals surface area contributed by atoms with Crippen molar-refractivity contribution in [2.45, 2.75) is 26.8 Å². The number of hydrogen-bond acceptors (Lipinski definition) is 5. The third kappa shape index (κ3) is 4.83. The molecule has 0 radical (unpaired) electrons. The van der Waals surface area contributed by atoms with Gasteiger partial charge in [-0.05, 0) is 54.3 Å². The zero-order chi connectivity index (χ0) is 23.4. The summed E-state index contributed by atoms with van der Waals surface area (Å²) in [5.74, 6) is -1.20. The molecular weight excluding hydrogens is 413 g/mol.